The van der Waals surface area contributed by atoms with Gasteiger partial charge in [0.05, 0.1) is 0 Å². The lowest BCUT2D eigenvalue weighted by atomic mass is 9.91. The molecule has 4 heteroatoms. The number of rotatable bonds is 2. The fraction of sp³-hybridized carbons (Fsp3) is 0.538. The van der Waals surface area contributed by atoms with Gasteiger partial charge in [-0.3, -0.25) is 9.78 Å². The van der Waals surface area contributed by atoms with Crippen molar-refractivity contribution in [2.45, 2.75) is 44.7 Å². The first-order valence-electron chi connectivity index (χ1n) is 6.16. The minimum Gasteiger partial charge on any atom is -0.346 e. The van der Waals surface area contributed by atoms with Gasteiger partial charge in [0.2, 0.25) is 0 Å². The van der Waals surface area contributed by atoms with Crippen molar-refractivity contribution >= 4 is 5.91 Å². The zero-order valence-electron chi connectivity index (χ0n) is 10.1. The average Bonchev–Trinajstić information content (AvgIpc) is 2.32. The van der Waals surface area contributed by atoms with Crippen molar-refractivity contribution in [1.29, 1.82) is 0 Å². The van der Waals surface area contributed by atoms with Gasteiger partial charge in [0.1, 0.15) is 5.69 Å². The maximum atomic E-state index is 12.1. The molecule has 0 radical (unpaired) electrons. The van der Waals surface area contributed by atoms with Crippen molar-refractivity contribution in [3.05, 3.63) is 29.6 Å². The summed E-state index contributed by atoms with van der Waals surface area (Å²) in [7, 11) is 0. The van der Waals surface area contributed by atoms with E-state index in [2.05, 4.69) is 10.3 Å². The summed E-state index contributed by atoms with van der Waals surface area (Å²) in [6.45, 7) is 1.89. The van der Waals surface area contributed by atoms with E-state index >= 15 is 0 Å². The van der Waals surface area contributed by atoms with E-state index in [1.165, 1.54) is 0 Å². The molecule has 4 nitrogen and oxygen atoms in total. The van der Waals surface area contributed by atoms with E-state index in [-0.39, 0.29) is 18.0 Å². The molecular weight excluding hydrogens is 214 g/mol. The van der Waals surface area contributed by atoms with Crippen LogP contribution in [0.5, 0.6) is 0 Å². The molecule has 0 aromatic carbocycles. The molecule has 0 aliphatic heterocycles. The second-order valence-electron chi connectivity index (χ2n) is 4.70. The van der Waals surface area contributed by atoms with Crippen LogP contribution in [0.25, 0.3) is 0 Å². The summed E-state index contributed by atoms with van der Waals surface area (Å²) in [5.74, 6) is -0.106. The highest BCUT2D eigenvalue weighted by molar-refractivity contribution is 5.93. The second-order valence-corrected chi connectivity index (χ2v) is 4.70. The Balaban J connectivity index is 2.04. The Morgan fingerprint density at radius 2 is 2.24 bits per heavy atom. The summed E-state index contributed by atoms with van der Waals surface area (Å²) in [6.07, 6.45) is 5.91. The summed E-state index contributed by atoms with van der Waals surface area (Å²) in [6, 6.07) is 3.90. The van der Waals surface area contributed by atoms with Gasteiger partial charge in [-0.2, -0.15) is 0 Å². The highest BCUT2D eigenvalue weighted by atomic mass is 16.1. The summed E-state index contributed by atoms with van der Waals surface area (Å²) in [5.41, 5.74) is 7.41. The number of aromatic nitrogens is 1. The van der Waals surface area contributed by atoms with E-state index < -0.39 is 0 Å². The number of carbonyl (C=O) groups is 1. The lowest BCUT2D eigenvalue weighted by molar-refractivity contribution is 0.0915. The van der Waals surface area contributed by atoms with Crippen molar-refractivity contribution < 1.29 is 4.79 Å². The fourth-order valence-electron chi connectivity index (χ4n) is 2.30. The number of hydrogen-bond acceptors (Lipinski definition) is 3. The summed E-state index contributed by atoms with van der Waals surface area (Å²) in [5, 5.41) is 3.00. The largest absolute Gasteiger partial charge is 0.346 e. The first kappa shape index (κ1) is 12.0. The number of carbonyl (C=O) groups excluding carboxylic acids is 1. The lowest BCUT2D eigenvalue weighted by Crippen LogP contribution is -2.49. The van der Waals surface area contributed by atoms with E-state index in [4.69, 9.17) is 5.73 Å². The molecule has 1 amide bonds. The Hall–Kier alpha value is -1.42. The van der Waals surface area contributed by atoms with Crippen LogP contribution in [0, 0.1) is 6.92 Å². The maximum absolute atomic E-state index is 12.1. The highest BCUT2D eigenvalue weighted by Crippen LogP contribution is 2.17. The zero-order chi connectivity index (χ0) is 12.3. The van der Waals surface area contributed by atoms with E-state index in [9.17, 15) is 4.79 Å². The van der Waals surface area contributed by atoms with Gasteiger partial charge < -0.3 is 11.1 Å². The molecule has 2 rings (SSSR count). The molecule has 0 saturated heterocycles. The van der Waals surface area contributed by atoms with Crippen LogP contribution < -0.4 is 11.1 Å². The third-order valence-electron chi connectivity index (χ3n) is 3.36. The quantitative estimate of drug-likeness (QED) is 0.811. The molecule has 17 heavy (non-hydrogen) atoms. The first-order chi connectivity index (χ1) is 8.18. The number of amides is 1. The van der Waals surface area contributed by atoms with E-state index in [1.54, 1.807) is 6.20 Å². The molecular formula is C13H19N3O. The van der Waals surface area contributed by atoms with Crippen molar-refractivity contribution in [2.24, 2.45) is 5.73 Å². The summed E-state index contributed by atoms with van der Waals surface area (Å²) >= 11 is 0. The Morgan fingerprint density at radius 3 is 2.94 bits per heavy atom. The monoisotopic (exact) mass is 233 g/mol. The van der Waals surface area contributed by atoms with Gasteiger partial charge in [0.25, 0.3) is 5.91 Å². The molecule has 3 N–H and O–H groups in total. The normalized spacial score (nSPS) is 24.4. The van der Waals surface area contributed by atoms with E-state index in [0.29, 0.717) is 5.69 Å². The summed E-state index contributed by atoms with van der Waals surface area (Å²) < 4.78 is 0. The molecule has 1 fully saturated rings. The van der Waals surface area contributed by atoms with Crippen LogP contribution in [-0.2, 0) is 0 Å². The van der Waals surface area contributed by atoms with Crippen LogP contribution in [-0.4, -0.2) is 23.0 Å². The molecule has 1 aromatic rings. The third kappa shape index (κ3) is 2.82. The van der Waals surface area contributed by atoms with Gasteiger partial charge in [-0.05, 0) is 31.4 Å². The number of nitrogens with two attached hydrogens (primary N) is 1. The van der Waals surface area contributed by atoms with Crippen molar-refractivity contribution in [1.82, 2.24) is 10.3 Å². The van der Waals surface area contributed by atoms with Gasteiger partial charge in [0, 0.05) is 18.3 Å². The molecule has 2 atom stereocenters. The van der Waals surface area contributed by atoms with Gasteiger partial charge in [-0.1, -0.05) is 18.9 Å². The zero-order valence-corrected chi connectivity index (χ0v) is 10.1. The maximum Gasteiger partial charge on any atom is 0.270 e. The smallest absolute Gasteiger partial charge is 0.270 e. The molecule has 1 aliphatic rings. The molecule has 0 bridgehead atoms. The number of aryl methyl sites for hydroxylation is 1. The number of nitrogens with one attached hydrogen (secondary N) is 1. The predicted molar refractivity (Wildman–Crippen MR) is 66.7 cm³/mol. The third-order valence-corrected chi connectivity index (χ3v) is 3.36. The highest BCUT2D eigenvalue weighted by Gasteiger charge is 2.24. The van der Waals surface area contributed by atoms with Crippen LogP contribution in [0.4, 0.5) is 0 Å². The Bertz CT molecular complexity index is 405. The number of nitrogens with zero attached hydrogens (tertiary/aromatic N) is 1. The van der Waals surface area contributed by atoms with Crippen LogP contribution in [0.15, 0.2) is 18.3 Å². The van der Waals surface area contributed by atoms with Crippen LogP contribution >= 0.6 is 0 Å². The van der Waals surface area contributed by atoms with Gasteiger partial charge in [0.15, 0.2) is 0 Å². The van der Waals surface area contributed by atoms with Gasteiger partial charge >= 0.3 is 0 Å². The molecule has 92 valence electrons. The number of hydrogen-bond donors (Lipinski definition) is 2. The van der Waals surface area contributed by atoms with Crippen molar-refractivity contribution in [3.63, 3.8) is 0 Å². The molecule has 1 aliphatic carbocycles. The Labute approximate surface area is 102 Å². The van der Waals surface area contributed by atoms with E-state index in [0.717, 1.165) is 31.2 Å². The molecule has 1 saturated carbocycles. The minimum absolute atomic E-state index is 0.0803. The van der Waals surface area contributed by atoms with Gasteiger partial charge in [-0.15, -0.1) is 0 Å². The molecule has 2 unspecified atom stereocenters. The lowest BCUT2D eigenvalue weighted by Gasteiger charge is -2.29. The SMILES string of the molecule is Cc1cccnc1C(=O)NC1CCCCC1N. The van der Waals surface area contributed by atoms with Crippen molar-refractivity contribution in [3.8, 4) is 0 Å². The Kier molecular flexibility index (Phi) is 3.74. The fourth-order valence-corrected chi connectivity index (χ4v) is 2.30. The van der Waals surface area contributed by atoms with Gasteiger partial charge in [-0.25, -0.2) is 0 Å². The molecule has 0 spiro atoms. The van der Waals surface area contributed by atoms with Crippen LogP contribution in [0.1, 0.15) is 41.7 Å². The standard InChI is InChI=1S/C13H19N3O/c1-9-5-4-8-15-12(9)13(17)16-11-7-3-2-6-10(11)14/h4-5,8,10-11H,2-3,6-7,14H2,1H3,(H,16,17). The minimum atomic E-state index is -0.106. The molecule has 1 aromatic heterocycles. The van der Waals surface area contributed by atoms with Crippen LogP contribution in [0.2, 0.25) is 0 Å². The average molecular weight is 233 g/mol. The topological polar surface area (TPSA) is 68.0 Å². The molecule has 1 heterocycles. The second kappa shape index (κ2) is 5.27. The van der Waals surface area contributed by atoms with Crippen molar-refractivity contribution in [2.75, 3.05) is 0 Å². The Morgan fingerprint density at radius 1 is 1.47 bits per heavy atom. The van der Waals surface area contributed by atoms with E-state index in [1.807, 2.05) is 19.1 Å². The van der Waals surface area contributed by atoms with Crippen LogP contribution in [0.3, 0.4) is 0 Å². The predicted octanol–water partition coefficient (Wildman–Crippen LogP) is 1.39. The first-order valence-corrected chi connectivity index (χ1v) is 6.16. The summed E-state index contributed by atoms with van der Waals surface area (Å²) in [4.78, 5) is 16.2. The number of pyridine rings is 1.